The van der Waals surface area contributed by atoms with Crippen LogP contribution >= 0.6 is 11.3 Å². The van der Waals surface area contributed by atoms with Gasteiger partial charge in [-0.15, -0.1) is 11.3 Å². The molecule has 0 aliphatic carbocycles. The van der Waals surface area contributed by atoms with Gasteiger partial charge in [0.2, 0.25) is 0 Å². The van der Waals surface area contributed by atoms with Gasteiger partial charge in [-0.05, 0) is 60.0 Å². The Bertz CT molecular complexity index is 1280. The SMILES string of the molecule is O=S(=O)(C[C@H]1CN(S(=O)(=O)c2cccs2)CCN1c1ccc(O)cc1)c1ccc(F)cc1. The van der Waals surface area contributed by atoms with Crippen molar-refractivity contribution < 1.29 is 26.3 Å². The zero-order chi connectivity index (χ0) is 22.9. The lowest BCUT2D eigenvalue weighted by Crippen LogP contribution is -2.57. The van der Waals surface area contributed by atoms with Gasteiger partial charge < -0.3 is 10.0 Å². The number of phenolic OH excluding ortho intramolecular Hbond substituents is 1. The van der Waals surface area contributed by atoms with Gasteiger partial charge in [-0.25, -0.2) is 21.2 Å². The van der Waals surface area contributed by atoms with E-state index < -0.39 is 31.7 Å². The van der Waals surface area contributed by atoms with Crippen LogP contribution in [0.15, 0.2) is 75.1 Å². The Balaban J connectivity index is 1.66. The van der Waals surface area contributed by atoms with E-state index in [1.807, 2.05) is 4.90 Å². The number of hydrogen-bond donors (Lipinski definition) is 1. The van der Waals surface area contributed by atoms with Crippen molar-refractivity contribution in [2.24, 2.45) is 0 Å². The number of rotatable bonds is 6. The molecule has 170 valence electrons. The Hall–Kier alpha value is -2.47. The highest BCUT2D eigenvalue weighted by molar-refractivity contribution is 7.91. The van der Waals surface area contributed by atoms with Crippen LogP contribution in [0.25, 0.3) is 0 Å². The highest BCUT2D eigenvalue weighted by Crippen LogP contribution is 2.29. The molecule has 7 nitrogen and oxygen atoms in total. The summed E-state index contributed by atoms with van der Waals surface area (Å²) in [6, 6.07) is 13.4. The van der Waals surface area contributed by atoms with E-state index in [0.29, 0.717) is 5.69 Å². The maximum atomic E-state index is 13.3. The summed E-state index contributed by atoms with van der Waals surface area (Å²) in [7, 11) is -7.57. The van der Waals surface area contributed by atoms with Crippen molar-refractivity contribution >= 4 is 36.9 Å². The molecule has 1 aliphatic rings. The zero-order valence-corrected chi connectivity index (χ0v) is 19.3. The molecule has 4 rings (SSSR count). The third-order valence-electron chi connectivity index (χ3n) is 5.30. The first-order valence-electron chi connectivity index (χ1n) is 9.74. The van der Waals surface area contributed by atoms with Crippen molar-refractivity contribution in [2.75, 3.05) is 30.3 Å². The maximum Gasteiger partial charge on any atom is 0.252 e. The first kappa shape index (κ1) is 22.7. The van der Waals surface area contributed by atoms with E-state index >= 15 is 0 Å². The van der Waals surface area contributed by atoms with E-state index in [4.69, 9.17) is 0 Å². The van der Waals surface area contributed by atoms with Crippen LogP contribution in [0.3, 0.4) is 0 Å². The summed E-state index contributed by atoms with van der Waals surface area (Å²) in [6.07, 6.45) is 0. The van der Waals surface area contributed by atoms with Crippen molar-refractivity contribution in [3.63, 3.8) is 0 Å². The van der Waals surface area contributed by atoms with Crippen molar-refractivity contribution in [3.05, 3.63) is 71.9 Å². The molecule has 11 heteroatoms. The molecule has 1 aromatic heterocycles. The molecule has 0 saturated carbocycles. The van der Waals surface area contributed by atoms with E-state index in [2.05, 4.69) is 0 Å². The minimum Gasteiger partial charge on any atom is -0.508 e. The van der Waals surface area contributed by atoms with E-state index in [0.717, 1.165) is 23.5 Å². The monoisotopic (exact) mass is 496 g/mol. The Labute approximate surface area is 190 Å². The molecule has 0 bridgehead atoms. The van der Waals surface area contributed by atoms with E-state index in [1.165, 1.54) is 34.6 Å². The average molecular weight is 497 g/mol. The molecule has 1 saturated heterocycles. The first-order valence-corrected chi connectivity index (χ1v) is 13.7. The standard InChI is InChI=1S/C21H21FN2O5S3/c22-16-3-9-20(10-4-16)31(26,27)15-18-14-23(32(28,29)21-2-1-13-30-21)11-12-24(18)17-5-7-19(25)8-6-17/h1-10,13,18,25H,11-12,14-15H2/t18-/m1/s1. The lowest BCUT2D eigenvalue weighted by molar-refractivity contribution is 0.343. The van der Waals surface area contributed by atoms with Crippen molar-refractivity contribution in [3.8, 4) is 5.75 Å². The number of sulfone groups is 1. The number of benzene rings is 2. The summed E-state index contributed by atoms with van der Waals surface area (Å²) in [6.45, 7) is 0.439. The number of piperazine rings is 1. The summed E-state index contributed by atoms with van der Waals surface area (Å²) in [5.74, 6) is -0.820. The van der Waals surface area contributed by atoms with Crippen LogP contribution < -0.4 is 4.90 Å². The Kier molecular flexibility index (Phi) is 6.26. The number of aromatic hydroxyl groups is 1. The number of phenols is 1. The van der Waals surface area contributed by atoms with Gasteiger partial charge in [-0.1, -0.05) is 6.07 Å². The highest BCUT2D eigenvalue weighted by atomic mass is 32.2. The smallest absolute Gasteiger partial charge is 0.252 e. The van der Waals surface area contributed by atoms with Crippen molar-refractivity contribution in [1.29, 1.82) is 0 Å². The van der Waals surface area contributed by atoms with Gasteiger partial charge in [-0.3, -0.25) is 0 Å². The number of hydrogen-bond acceptors (Lipinski definition) is 7. The summed E-state index contributed by atoms with van der Waals surface area (Å²) in [4.78, 5) is 1.81. The molecule has 1 fully saturated rings. The molecular weight excluding hydrogens is 475 g/mol. The van der Waals surface area contributed by atoms with Gasteiger partial charge in [0.1, 0.15) is 15.8 Å². The minimum atomic E-state index is -3.83. The fourth-order valence-corrected chi connectivity index (χ4v) is 7.85. The van der Waals surface area contributed by atoms with Crippen LogP contribution in [0.4, 0.5) is 10.1 Å². The minimum absolute atomic E-state index is 0.0252. The molecule has 32 heavy (non-hydrogen) atoms. The molecular formula is C21H21FN2O5S3. The molecule has 2 aromatic carbocycles. The Morgan fingerprint density at radius 1 is 0.969 bits per heavy atom. The molecule has 1 aliphatic heterocycles. The fraction of sp³-hybridized carbons (Fsp3) is 0.238. The number of anilines is 1. The van der Waals surface area contributed by atoms with Gasteiger partial charge in [-0.2, -0.15) is 4.31 Å². The molecule has 2 heterocycles. The Morgan fingerprint density at radius 2 is 1.66 bits per heavy atom. The maximum absolute atomic E-state index is 13.3. The molecule has 0 amide bonds. The van der Waals surface area contributed by atoms with E-state index in [1.54, 1.807) is 23.6 Å². The van der Waals surface area contributed by atoms with Crippen molar-refractivity contribution in [2.45, 2.75) is 15.1 Å². The molecule has 0 radical (unpaired) electrons. The summed E-state index contributed by atoms with van der Waals surface area (Å²) in [5.41, 5.74) is 0.676. The van der Waals surface area contributed by atoms with Crippen LogP contribution in [-0.2, 0) is 19.9 Å². The molecule has 0 unspecified atom stereocenters. The highest BCUT2D eigenvalue weighted by Gasteiger charge is 2.37. The van der Waals surface area contributed by atoms with Crippen LogP contribution in [0.1, 0.15) is 0 Å². The summed E-state index contributed by atoms with van der Waals surface area (Å²) >= 11 is 1.11. The second-order valence-electron chi connectivity index (χ2n) is 7.39. The largest absolute Gasteiger partial charge is 0.508 e. The summed E-state index contributed by atoms with van der Waals surface area (Å²) in [5, 5.41) is 11.3. The lowest BCUT2D eigenvalue weighted by atomic mass is 10.1. The van der Waals surface area contributed by atoms with Crippen LogP contribution in [-0.4, -0.2) is 57.7 Å². The van der Waals surface area contributed by atoms with Gasteiger partial charge in [0.05, 0.1) is 16.7 Å². The second kappa shape index (κ2) is 8.81. The summed E-state index contributed by atoms with van der Waals surface area (Å²) < 4.78 is 67.0. The normalized spacial score (nSPS) is 18.0. The van der Waals surface area contributed by atoms with Crippen LogP contribution in [0.2, 0.25) is 0 Å². The Morgan fingerprint density at radius 3 is 2.28 bits per heavy atom. The molecule has 1 N–H and O–H groups in total. The van der Waals surface area contributed by atoms with E-state index in [9.17, 15) is 26.3 Å². The van der Waals surface area contributed by atoms with Gasteiger partial charge in [0.15, 0.2) is 9.84 Å². The number of halogens is 1. The fourth-order valence-electron chi connectivity index (χ4n) is 3.70. The molecule has 0 spiro atoms. The quantitative estimate of drug-likeness (QED) is 0.528. The lowest BCUT2D eigenvalue weighted by Gasteiger charge is -2.42. The number of nitrogens with zero attached hydrogens (tertiary/aromatic N) is 2. The molecule has 3 aromatic rings. The predicted molar refractivity (Wildman–Crippen MR) is 121 cm³/mol. The predicted octanol–water partition coefficient (Wildman–Crippen LogP) is 2.95. The zero-order valence-electron chi connectivity index (χ0n) is 16.8. The van der Waals surface area contributed by atoms with Gasteiger partial charge in [0.25, 0.3) is 10.0 Å². The third kappa shape index (κ3) is 4.65. The third-order valence-corrected chi connectivity index (χ3v) is 10.4. The van der Waals surface area contributed by atoms with E-state index in [-0.39, 0.29) is 40.2 Å². The van der Waals surface area contributed by atoms with Crippen LogP contribution in [0, 0.1) is 5.82 Å². The second-order valence-corrected chi connectivity index (χ2v) is 12.5. The number of sulfonamides is 1. The first-order chi connectivity index (χ1) is 15.2. The molecule has 1 atom stereocenters. The van der Waals surface area contributed by atoms with Gasteiger partial charge in [0, 0.05) is 25.3 Å². The topological polar surface area (TPSA) is 95.0 Å². The van der Waals surface area contributed by atoms with Crippen LogP contribution in [0.5, 0.6) is 5.75 Å². The average Bonchev–Trinajstić information content (AvgIpc) is 3.30. The van der Waals surface area contributed by atoms with Gasteiger partial charge >= 0.3 is 0 Å². The van der Waals surface area contributed by atoms with Crippen molar-refractivity contribution in [1.82, 2.24) is 4.31 Å². The number of thiophene rings is 1.